The Balaban J connectivity index is 1.56. The van der Waals surface area contributed by atoms with Gasteiger partial charge < -0.3 is 92.5 Å². The second-order valence-electron chi connectivity index (χ2n) is 24.1. The van der Waals surface area contributed by atoms with Gasteiger partial charge in [0.1, 0.15) is 54.4 Å². The molecule has 0 aliphatic carbocycles. The summed E-state index contributed by atoms with van der Waals surface area (Å²) in [6.45, 7) is 3.86. The molecule has 31 nitrogen and oxygen atoms in total. The number of likely N-dealkylation sites (tertiary alicyclic amines) is 2. The van der Waals surface area contributed by atoms with Crippen molar-refractivity contribution >= 4 is 94.5 Å². The molecule has 95 heavy (non-hydrogen) atoms. The zero-order chi connectivity index (χ0) is 70.1. The zero-order valence-electron chi connectivity index (χ0n) is 54.5. The number of nitrogens with one attached hydrogen (secondary N) is 8. The maximum Gasteiger partial charge on any atom is 0.245 e. The number of hydrogen-bond acceptors (Lipinski definition) is 17. The van der Waals surface area contributed by atoms with Gasteiger partial charge in [0.15, 0.2) is 5.96 Å². The number of carbonyl (C=O) groups is 13. The number of rotatable bonds is 42. The van der Waals surface area contributed by atoms with E-state index in [2.05, 4.69) is 47.5 Å². The third-order valence-corrected chi connectivity index (χ3v) is 16.7. The first-order valence-corrected chi connectivity index (χ1v) is 33.6. The van der Waals surface area contributed by atoms with E-state index in [1.165, 1.54) is 21.6 Å². The molecule has 2 fully saturated rings. The average Bonchev–Trinajstić information content (AvgIpc) is 1.74. The van der Waals surface area contributed by atoms with Crippen molar-refractivity contribution in [3.8, 4) is 0 Å². The van der Waals surface area contributed by atoms with Crippen molar-refractivity contribution < 1.29 is 62.3 Å². The van der Waals surface area contributed by atoms with Crippen molar-refractivity contribution in [3.63, 3.8) is 0 Å². The Labute approximate surface area is 558 Å². The van der Waals surface area contributed by atoms with Gasteiger partial charge in [-0.05, 0) is 119 Å². The Kier molecular flexibility index (Phi) is 33.9. The Morgan fingerprint density at radius 2 is 1.01 bits per heavy atom. The van der Waals surface area contributed by atoms with Crippen LogP contribution in [-0.4, -0.2) is 198 Å². The number of amides is 13. The molecule has 4 rings (SSSR count). The second kappa shape index (κ2) is 41.0. The normalized spacial score (nSPS) is 16.8. The van der Waals surface area contributed by atoms with Gasteiger partial charge in [-0.15, -0.1) is 0 Å². The van der Waals surface area contributed by atoms with E-state index >= 15 is 0 Å². The van der Waals surface area contributed by atoms with E-state index in [-0.39, 0.29) is 83.0 Å². The third kappa shape index (κ3) is 27.5. The highest BCUT2D eigenvalue weighted by Gasteiger charge is 2.42. The minimum Gasteiger partial charge on any atom is -0.370 e. The lowest BCUT2D eigenvalue weighted by Crippen LogP contribution is -2.60. The topological polar surface area (TPSA) is 519 Å². The lowest BCUT2D eigenvalue weighted by molar-refractivity contribution is -0.144. The fourth-order valence-electron chi connectivity index (χ4n) is 11.0. The van der Waals surface area contributed by atoms with Crippen LogP contribution in [0.4, 0.5) is 0 Å². The summed E-state index contributed by atoms with van der Waals surface area (Å²) < 4.78 is 0. The summed E-state index contributed by atoms with van der Waals surface area (Å²) in [7, 11) is 0. The second-order valence-corrected chi connectivity index (χ2v) is 25.1. The van der Waals surface area contributed by atoms with Crippen LogP contribution in [0.2, 0.25) is 0 Å². The van der Waals surface area contributed by atoms with Crippen molar-refractivity contribution in [2.75, 3.05) is 44.7 Å². The predicted molar refractivity (Wildman–Crippen MR) is 356 cm³/mol. The molecule has 524 valence electrons. The quantitative estimate of drug-likeness (QED) is 0.0173. The van der Waals surface area contributed by atoms with Gasteiger partial charge in [-0.2, -0.15) is 11.8 Å². The number of thioether (sulfide) groups is 1. The number of guanidine groups is 1. The monoisotopic (exact) mass is 1350 g/mol. The average molecular weight is 1350 g/mol. The Hall–Kier alpha value is -8.91. The van der Waals surface area contributed by atoms with Gasteiger partial charge in [-0.3, -0.25) is 67.3 Å². The highest BCUT2D eigenvalue weighted by Crippen LogP contribution is 2.24. The first-order chi connectivity index (χ1) is 45.2. The molecule has 0 unspecified atom stereocenters. The molecule has 0 radical (unpaired) electrons. The molecule has 0 bridgehead atoms. The Morgan fingerprint density at radius 3 is 1.51 bits per heavy atom. The van der Waals surface area contributed by atoms with Gasteiger partial charge in [0.25, 0.3) is 0 Å². The van der Waals surface area contributed by atoms with Gasteiger partial charge in [0, 0.05) is 45.3 Å². The maximum atomic E-state index is 14.7. The largest absolute Gasteiger partial charge is 0.370 e. The molecular weight excluding hydrogens is 1250 g/mol. The molecule has 0 aromatic heterocycles. The first kappa shape index (κ1) is 78.5. The summed E-state index contributed by atoms with van der Waals surface area (Å²) in [6.07, 6.45) is 3.12. The fraction of sp³-hybridized carbons (Fsp3) is 0.587. The van der Waals surface area contributed by atoms with Crippen molar-refractivity contribution in [1.29, 1.82) is 0 Å². The van der Waals surface area contributed by atoms with Crippen molar-refractivity contribution in [1.82, 2.24) is 52.3 Å². The molecule has 2 aromatic carbocycles. The van der Waals surface area contributed by atoms with E-state index in [4.69, 9.17) is 40.1 Å². The van der Waals surface area contributed by atoms with Crippen LogP contribution in [0.1, 0.15) is 121 Å². The summed E-state index contributed by atoms with van der Waals surface area (Å²) in [5.74, 6) is -9.80. The number of benzene rings is 2. The number of carbonyl (C=O) groups excluding carboxylic acids is 13. The van der Waals surface area contributed by atoms with E-state index in [0.29, 0.717) is 55.4 Å². The van der Waals surface area contributed by atoms with Crippen LogP contribution in [-0.2, 0) is 75.2 Å². The molecule has 32 heteroatoms. The Bertz CT molecular complexity index is 2960. The van der Waals surface area contributed by atoms with Crippen LogP contribution in [0.5, 0.6) is 0 Å². The highest BCUT2D eigenvalue weighted by atomic mass is 32.2. The molecule has 13 amide bonds. The number of unbranched alkanes of at least 4 members (excludes halogenated alkanes) is 1. The number of hydrogen-bond donors (Lipinski definition) is 15. The van der Waals surface area contributed by atoms with E-state index in [1.807, 2.05) is 20.1 Å². The first-order valence-electron chi connectivity index (χ1n) is 32.2. The van der Waals surface area contributed by atoms with E-state index in [9.17, 15) is 62.3 Å². The Morgan fingerprint density at radius 1 is 0.537 bits per heavy atom. The number of nitrogens with zero attached hydrogens (tertiary/aromatic N) is 3. The molecule has 0 saturated carbocycles. The van der Waals surface area contributed by atoms with E-state index < -0.39 is 169 Å². The minimum absolute atomic E-state index is 0.0736. The molecule has 2 heterocycles. The lowest BCUT2D eigenvalue weighted by Gasteiger charge is -2.32. The minimum atomic E-state index is -1.64. The standard InChI is InChI=1S/C63H98N18O13S/c1-37(2)33-45(57(89)74-41(53(68)85)27-32-95-3)73-52(84)36-72-54(86)46(34-38-15-6-4-7-16-38)78-58(90)47(35-39-17-8-5-9-18-39)79-56(88)42(23-25-50(66)82)75-55(87)43(24-26-51(67)83)76-59(91)49-22-14-31-81(49)62(94)44(20-10-11-28-64)77-60(92)48-21-13-30-80(48)61(93)40(65)19-12-29-71-63(69)70/h4-9,15-18,37,40-49H,10-14,19-36,64-65H2,1-3H3,(H2,66,82)(H2,67,83)(H2,68,85)(H,72,86)(H,73,84)(H,74,89)(H,75,87)(H,76,91)(H,77,92)(H,78,90)(H,79,88)(H4,69,70,71)/t40-,41-,42+,43-,44+,45+,46-,47-,48-,49+/m0/s1. The van der Waals surface area contributed by atoms with Crippen molar-refractivity contribution in [2.24, 2.45) is 51.0 Å². The molecule has 2 aromatic rings. The summed E-state index contributed by atoms with van der Waals surface area (Å²) >= 11 is 1.45. The van der Waals surface area contributed by atoms with Gasteiger partial charge in [0.2, 0.25) is 76.8 Å². The van der Waals surface area contributed by atoms with Gasteiger partial charge in [-0.25, -0.2) is 0 Å². The van der Waals surface area contributed by atoms with E-state index in [0.717, 1.165) is 0 Å². The lowest BCUT2D eigenvalue weighted by atomic mass is 10.0. The maximum absolute atomic E-state index is 14.7. The summed E-state index contributed by atoms with van der Waals surface area (Å²) in [4.78, 5) is 185. The molecule has 22 N–H and O–H groups in total. The zero-order valence-corrected chi connectivity index (χ0v) is 55.3. The molecule has 0 spiro atoms. The van der Waals surface area contributed by atoms with Gasteiger partial charge in [-0.1, -0.05) is 74.5 Å². The van der Waals surface area contributed by atoms with Crippen LogP contribution < -0.4 is 82.7 Å². The summed E-state index contributed by atoms with van der Waals surface area (Å²) in [5, 5.41) is 21.1. The molecule has 2 aliphatic rings. The van der Waals surface area contributed by atoms with Crippen LogP contribution >= 0.6 is 11.8 Å². The number of aliphatic imine (C=N–C) groups is 1. The summed E-state index contributed by atoms with van der Waals surface area (Å²) in [6, 6.07) is 4.51. The van der Waals surface area contributed by atoms with Crippen molar-refractivity contribution in [3.05, 3.63) is 71.8 Å². The molecule has 2 saturated heterocycles. The van der Waals surface area contributed by atoms with Crippen LogP contribution in [0, 0.1) is 5.92 Å². The number of nitrogens with two attached hydrogens (primary N) is 7. The SMILES string of the molecule is CSCC[C@H](NC(=O)[C@@H](CC(C)C)NC(=O)CNC(=O)[C@H](Cc1ccccc1)NC(=O)[C@H](Cc1ccccc1)NC(=O)[C@@H](CCC(N)=O)NC(=O)[C@H](CCC(N)=O)NC(=O)[C@H]1CCCN1C(=O)[C@@H](CCCCN)NC(=O)[C@@H]1CCCN1C(=O)[C@@H](N)CCCN=C(N)N)C(N)=O. The molecule has 2 aliphatic heterocycles. The smallest absolute Gasteiger partial charge is 0.245 e. The van der Waals surface area contributed by atoms with Crippen LogP contribution in [0.25, 0.3) is 0 Å². The summed E-state index contributed by atoms with van der Waals surface area (Å²) in [5.41, 5.74) is 40.6. The van der Waals surface area contributed by atoms with Crippen molar-refractivity contribution in [2.45, 2.75) is 183 Å². The third-order valence-electron chi connectivity index (χ3n) is 16.0. The van der Waals surface area contributed by atoms with Crippen LogP contribution in [0.3, 0.4) is 0 Å². The molecular formula is C63H98N18O13S. The van der Waals surface area contributed by atoms with Gasteiger partial charge in [0.05, 0.1) is 12.6 Å². The molecule has 10 atom stereocenters. The van der Waals surface area contributed by atoms with Crippen LogP contribution in [0.15, 0.2) is 65.7 Å². The highest BCUT2D eigenvalue weighted by molar-refractivity contribution is 7.98. The van der Waals surface area contributed by atoms with E-state index in [1.54, 1.807) is 60.7 Å². The predicted octanol–water partition coefficient (Wildman–Crippen LogP) is -3.71. The van der Waals surface area contributed by atoms with Gasteiger partial charge >= 0.3 is 0 Å². The number of primary amides is 3. The fourth-order valence-corrected chi connectivity index (χ4v) is 11.5.